The third kappa shape index (κ3) is 2.09. The van der Waals surface area contributed by atoms with E-state index in [1.807, 2.05) is 0 Å². The number of aromatic amines is 1. The average Bonchev–Trinajstić information content (AvgIpc) is 2.84. The topological polar surface area (TPSA) is 98.1 Å². The Morgan fingerprint density at radius 1 is 1.32 bits per heavy atom. The minimum Gasteiger partial charge on any atom is -0.404 e. The largest absolute Gasteiger partial charge is 0.404 e. The van der Waals surface area contributed by atoms with Crippen molar-refractivity contribution < 1.29 is 14.3 Å². The summed E-state index contributed by atoms with van der Waals surface area (Å²) in [5, 5.41) is 0. The van der Waals surface area contributed by atoms with E-state index in [-0.39, 0.29) is 21.9 Å². The van der Waals surface area contributed by atoms with Crippen LogP contribution in [0.5, 0.6) is 5.88 Å². The van der Waals surface area contributed by atoms with Gasteiger partial charge >= 0.3 is 5.97 Å². The summed E-state index contributed by atoms with van der Waals surface area (Å²) in [6.07, 6.45) is 7.40. The molecule has 0 spiro atoms. The molecule has 2 unspecified atom stereocenters. The van der Waals surface area contributed by atoms with Crippen molar-refractivity contribution in [2.45, 2.75) is 42.8 Å². The second-order valence-electron chi connectivity index (χ2n) is 7.23. The van der Waals surface area contributed by atoms with E-state index >= 15 is 0 Å². The van der Waals surface area contributed by atoms with Gasteiger partial charge in [-0.25, -0.2) is 4.98 Å². The van der Waals surface area contributed by atoms with E-state index < -0.39 is 11.3 Å². The van der Waals surface area contributed by atoms with E-state index in [9.17, 15) is 9.59 Å². The average molecular weight is 368 g/mol. The number of H-pyrrole nitrogens is 1. The summed E-state index contributed by atoms with van der Waals surface area (Å²) in [7, 11) is 0. The molecule has 7 heteroatoms. The number of esters is 1. The van der Waals surface area contributed by atoms with Crippen LogP contribution in [0.4, 0.5) is 0 Å². The molecule has 4 fully saturated rings. The van der Waals surface area contributed by atoms with Crippen molar-refractivity contribution in [1.29, 1.82) is 0 Å². The molecule has 1 aromatic heterocycles. The summed E-state index contributed by atoms with van der Waals surface area (Å²) in [5.74, 6) is 0.227. The van der Waals surface area contributed by atoms with Crippen molar-refractivity contribution in [2.75, 3.05) is 0 Å². The predicted octanol–water partition coefficient (Wildman–Crippen LogP) is 2.15. The van der Waals surface area contributed by atoms with Gasteiger partial charge in [0.1, 0.15) is 0 Å². The predicted molar refractivity (Wildman–Crippen MR) is 81.5 cm³/mol. The first-order valence-corrected chi connectivity index (χ1v) is 8.43. The van der Waals surface area contributed by atoms with Gasteiger partial charge in [-0.15, -0.1) is 0 Å². The highest BCUT2D eigenvalue weighted by Gasteiger charge is 2.60. The molecule has 1 amide bonds. The molecule has 3 N–H and O–H groups in total. The highest BCUT2D eigenvalue weighted by molar-refractivity contribution is 9.10. The number of halogens is 1. The number of ether oxygens (including phenoxy) is 1. The molecule has 6 nitrogen and oxygen atoms in total. The Morgan fingerprint density at radius 2 is 2.00 bits per heavy atom. The van der Waals surface area contributed by atoms with Crippen LogP contribution in [-0.2, 0) is 4.79 Å². The van der Waals surface area contributed by atoms with Gasteiger partial charge in [-0.3, -0.25) is 9.59 Å². The standard InChI is InChI=1S/C15H18BrN3O3/c16-15-4-8-1-9(5-15)3-14(2-8,6-15)13(21)22-12-10(11(17)20)18-7-19-12/h7-9H,1-6H2,(H2,17,20)(H,18,19). The van der Waals surface area contributed by atoms with Crippen molar-refractivity contribution in [3.05, 3.63) is 12.0 Å². The molecule has 4 bridgehead atoms. The maximum absolute atomic E-state index is 12.8. The number of imidazole rings is 1. The molecule has 1 aromatic rings. The molecule has 1 heterocycles. The van der Waals surface area contributed by atoms with Gasteiger partial charge < -0.3 is 15.5 Å². The van der Waals surface area contributed by atoms with Crippen molar-refractivity contribution in [2.24, 2.45) is 23.0 Å². The van der Waals surface area contributed by atoms with Crippen LogP contribution in [0.1, 0.15) is 49.0 Å². The first-order valence-electron chi connectivity index (χ1n) is 7.64. The molecule has 4 aliphatic carbocycles. The van der Waals surface area contributed by atoms with Crippen LogP contribution in [0.2, 0.25) is 0 Å². The van der Waals surface area contributed by atoms with Gasteiger partial charge in [-0.05, 0) is 50.4 Å². The number of nitrogens with zero attached hydrogens (tertiary/aromatic N) is 1. The van der Waals surface area contributed by atoms with Crippen molar-refractivity contribution in [3.8, 4) is 5.88 Å². The van der Waals surface area contributed by atoms with Gasteiger partial charge in [0, 0.05) is 4.32 Å². The second-order valence-corrected chi connectivity index (χ2v) is 8.91. The fourth-order valence-electron chi connectivity index (χ4n) is 5.12. The van der Waals surface area contributed by atoms with E-state index in [0.29, 0.717) is 11.8 Å². The van der Waals surface area contributed by atoms with Gasteiger partial charge in [0.15, 0.2) is 5.69 Å². The Hall–Kier alpha value is -1.37. The molecule has 0 radical (unpaired) electrons. The minimum atomic E-state index is -0.678. The molecule has 0 aromatic carbocycles. The maximum atomic E-state index is 12.8. The number of hydrogen-bond donors (Lipinski definition) is 2. The molecule has 0 saturated heterocycles. The third-order valence-electron chi connectivity index (χ3n) is 5.46. The van der Waals surface area contributed by atoms with E-state index in [2.05, 4.69) is 25.9 Å². The van der Waals surface area contributed by atoms with Crippen LogP contribution in [0.15, 0.2) is 6.33 Å². The lowest BCUT2D eigenvalue weighted by atomic mass is 9.49. The zero-order valence-electron chi connectivity index (χ0n) is 12.1. The van der Waals surface area contributed by atoms with Gasteiger partial charge in [0.05, 0.1) is 11.7 Å². The number of carbonyl (C=O) groups is 2. The lowest BCUT2D eigenvalue weighted by Gasteiger charge is -2.58. The summed E-state index contributed by atoms with van der Waals surface area (Å²) in [6, 6.07) is 0. The number of hydrogen-bond acceptors (Lipinski definition) is 4. The maximum Gasteiger partial charge on any atom is 0.318 e. The third-order valence-corrected chi connectivity index (χ3v) is 6.39. The Kier molecular flexibility index (Phi) is 2.95. The Morgan fingerprint density at radius 3 is 2.59 bits per heavy atom. The highest BCUT2D eigenvalue weighted by atomic mass is 79.9. The van der Waals surface area contributed by atoms with Crippen LogP contribution in [0.25, 0.3) is 0 Å². The van der Waals surface area contributed by atoms with Gasteiger partial charge in [-0.1, -0.05) is 15.9 Å². The SMILES string of the molecule is NC(=O)c1[nH]cnc1OC(=O)C12CC3CC(CC(Br)(C3)C1)C2. The van der Waals surface area contributed by atoms with E-state index in [1.54, 1.807) is 0 Å². The zero-order chi connectivity index (χ0) is 15.5. The highest BCUT2D eigenvalue weighted by Crippen LogP contribution is 2.64. The van der Waals surface area contributed by atoms with E-state index in [4.69, 9.17) is 10.5 Å². The quantitative estimate of drug-likeness (QED) is 0.631. The zero-order valence-corrected chi connectivity index (χ0v) is 13.7. The summed E-state index contributed by atoms with van der Waals surface area (Å²) < 4.78 is 5.55. The van der Waals surface area contributed by atoms with Crippen molar-refractivity contribution >= 4 is 27.8 Å². The smallest absolute Gasteiger partial charge is 0.318 e. The molecule has 2 atom stereocenters. The number of carbonyl (C=O) groups excluding carboxylic acids is 2. The van der Waals surface area contributed by atoms with Crippen LogP contribution in [0, 0.1) is 17.3 Å². The number of amides is 1. The molecular weight excluding hydrogens is 350 g/mol. The molecule has 5 rings (SSSR count). The number of primary amides is 1. The number of rotatable bonds is 3. The first-order chi connectivity index (χ1) is 10.4. The lowest BCUT2D eigenvalue weighted by Crippen LogP contribution is -2.56. The summed E-state index contributed by atoms with van der Waals surface area (Å²) in [4.78, 5) is 30.7. The number of nitrogens with two attached hydrogens (primary N) is 1. The van der Waals surface area contributed by atoms with Crippen LogP contribution in [0.3, 0.4) is 0 Å². The number of aromatic nitrogens is 2. The molecule has 4 aliphatic rings. The van der Waals surface area contributed by atoms with Crippen LogP contribution >= 0.6 is 15.9 Å². The van der Waals surface area contributed by atoms with Crippen molar-refractivity contribution in [3.63, 3.8) is 0 Å². The van der Waals surface area contributed by atoms with Crippen molar-refractivity contribution in [1.82, 2.24) is 9.97 Å². The second kappa shape index (κ2) is 4.57. The fourth-order valence-corrected chi connectivity index (χ4v) is 6.57. The van der Waals surface area contributed by atoms with Gasteiger partial charge in [0.2, 0.25) is 0 Å². The molecule has 22 heavy (non-hydrogen) atoms. The molecule has 4 saturated carbocycles. The first kappa shape index (κ1) is 14.2. The summed E-state index contributed by atoms with van der Waals surface area (Å²) >= 11 is 3.87. The summed E-state index contributed by atoms with van der Waals surface area (Å²) in [6.45, 7) is 0. The van der Waals surface area contributed by atoms with Crippen LogP contribution < -0.4 is 10.5 Å². The monoisotopic (exact) mass is 367 g/mol. The van der Waals surface area contributed by atoms with E-state index in [1.165, 1.54) is 12.7 Å². The summed E-state index contributed by atoms with van der Waals surface area (Å²) in [5.41, 5.74) is 4.86. The normalized spacial score (nSPS) is 39.0. The van der Waals surface area contributed by atoms with Gasteiger partial charge in [-0.2, -0.15) is 0 Å². The number of alkyl halides is 1. The Bertz CT molecular complexity index is 642. The van der Waals surface area contributed by atoms with Gasteiger partial charge in [0.25, 0.3) is 11.8 Å². The molecule has 0 aliphatic heterocycles. The lowest BCUT2D eigenvalue weighted by molar-refractivity contribution is -0.159. The van der Waals surface area contributed by atoms with E-state index in [0.717, 1.165) is 32.1 Å². The minimum absolute atomic E-state index is 0.00290. The van der Waals surface area contributed by atoms with Crippen LogP contribution in [-0.4, -0.2) is 26.2 Å². The molecular formula is C15H18BrN3O3. The molecule has 118 valence electrons. The Balaban J connectivity index is 1.60. The number of nitrogens with one attached hydrogen (secondary N) is 1. The fraction of sp³-hybridized carbons (Fsp3) is 0.667. The Labute approximate surface area is 136 Å².